The fourth-order valence-corrected chi connectivity index (χ4v) is 1.11. The second-order valence-corrected chi connectivity index (χ2v) is 3.08. The topological polar surface area (TPSA) is 21.3 Å². The van der Waals surface area contributed by atoms with E-state index in [1.54, 1.807) is 19.2 Å². The molecule has 0 atom stereocenters. The second-order valence-electron chi connectivity index (χ2n) is 3.08. The number of hydrogen-bond acceptors (Lipinski definition) is 2. The van der Waals surface area contributed by atoms with Gasteiger partial charge in [-0.15, -0.1) is 0 Å². The summed E-state index contributed by atoms with van der Waals surface area (Å²) in [7, 11) is 1.77. The maximum absolute atomic E-state index is 11.9. The Morgan fingerprint density at radius 1 is 1.11 bits per heavy atom. The van der Waals surface area contributed by atoms with Crippen LogP contribution >= 0.6 is 0 Å². The van der Waals surface area contributed by atoms with Gasteiger partial charge in [0, 0.05) is 6.54 Å². The lowest BCUT2D eigenvalue weighted by Gasteiger charge is -2.10. The van der Waals surface area contributed by atoms with Crippen molar-refractivity contribution in [1.82, 2.24) is 5.32 Å². The van der Waals surface area contributed by atoms with Crippen molar-refractivity contribution in [2.24, 2.45) is 0 Å². The Balaban J connectivity index is 0. The van der Waals surface area contributed by atoms with Gasteiger partial charge in [0.2, 0.25) is 0 Å². The number of rotatable bonds is 4. The molecule has 0 saturated heterocycles. The monoisotopic (exact) mass is 279 g/mol. The molecule has 0 aliphatic heterocycles. The zero-order chi connectivity index (χ0) is 15.3. The van der Waals surface area contributed by atoms with Crippen molar-refractivity contribution >= 4 is 0 Å². The van der Waals surface area contributed by atoms with Crippen molar-refractivity contribution in [3.8, 4) is 5.75 Å². The quantitative estimate of drug-likeness (QED) is 0.882. The number of hydrogen-bond donors (Lipinski definition) is 1. The smallest absolute Gasteiger partial charge is 0.422 e. The van der Waals surface area contributed by atoms with E-state index in [-0.39, 0.29) is 5.75 Å². The van der Waals surface area contributed by atoms with Crippen molar-refractivity contribution in [2.45, 2.75) is 40.4 Å². The molecule has 1 N–H and O–H groups in total. The molecule has 1 aromatic carbocycles. The standard InChI is InChI=1S/C10H12F3NO.2C2H6/c1-14-6-8-3-2-4-9(5-8)15-7-10(11,12)13;2*1-2/h2-5,14H,6-7H2,1H3;2*1-2H3. The van der Waals surface area contributed by atoms with Gasteiger partial charge in [0.15, 0.2) is 6.61 Å². The van der Waals surface area contributed by atoms with E-state index in [4.69, 9.17) is 0 Å². The Morgan fingerprint density at radius 2 is 1.68 bits per heavy atom. The first kappa shape index (κ1) is 20.1. The van der Waals surface area contributed by atoms with E-state index in [2.05, 4.69) is 10.1 Å². The van der Waals surface area contributed by atoms with Crippen LogP contribution in [-0.4, -0.2) is 19.8 Å². The lowest BCUT2D eigenvalue weighted by molar-refractivity contribution is -0.153. The third-order valence-corrected chi connectivity index (χ3v) is 1.68. The van der Waals surface area contributed by atoms with Crippen LogP contribution in [0.15, 0.2) is 24.3 Å². The predicted octanol–water partition coefficient (Wildman–Crippen LogP) is 4.40. The molecule has 0 aliphatic rings. The van der Waals surface area contributed by atoms with Gasteiger partial charge in [-0.05, 0) is 24.7 Å². The van der Waals surface area contributed by atoms with Gasteiger partial charge >= 0.3 is 6.18 Å². The van der Waals surface area contributed by atoms with E-state index in [9.17, 15) is 13.2 Å². The van der Waals surface area contributed by atoms with Crippen molar-refractivity contribution in [3.05, 3.63) is 29.8 Å². The molecule has 0 fully saturated rings. The van der Waals surface area contributed by atoms with Crippen LogP contribution in [0.3, 0.4) is 0 Å². The Bertz CT molecular complexity index is 314. The van der Waals surface area contributed by atoms with Gasteiger partial charge in [-0.1, -0.05) is 39.8 Å². The largest absolute Gasteiger partial charge is 0.484 e. The van der Waals surface area contributed by atoms with Crippen LogP contribution in [0.2, 0.25) is 0 Å². The molecule has 0 saturated carbocycles. The van der Waals surface area contributed by atoms with E-state index in [1.807, 2.05) is 33.8 Å². The highest BCUT2D eigenvalue weighted by atomic mass is 19.4. The molecular weight excluding hydrogens is 255 g/mol. The first-order valence-corrected chi connectivity index (χ1v) is 6.44. The molecule has 0 aromatic heterocycles. The molecule has 2 nitrogen and oxygen atoms in total. The van der Waals surface area contributed by atoms with Crippen LogP contribution < -0.4 is 10.1 Å². The molecule has 19 heavy (non-hydrogen) atoms. The summed E-state index contributed by atoms with van der Waals surface area (Å²) in [5, 5.41) is 2.91. The number of benzene rings is 1. The highest BCUT2D eigenvalue weighted by Crippen LogP contribution is 2.19. The lowest BCUT2D eigenvalue weighted by Crippen LogP contribution is -2.19. The molecule has 0 radical (unpaired) electrons. The van der Waals surface area contributed by atoms with Crippen molar-refractivity contribution in [2.75, 3.05) is 13.7 Å². The Hall–Kier alpha value is -1.23. The molecule has 112 valence electrons. The van der Waals surface area contributed by atoms with Crippen LogP contribution in [-0.2, 0) is 6.54 Å². The van der Waals surface area contributed by atoms with Gasteiger partial charge in [0.1, 0.15) is 5.75 Å². The van der Waals surface area contributed by atoms with E-state index >= 15 is 0 Å². The third kappa shape index (κ3) is 11.6. The fraction of sp³-hybridized carbons (Fsp3) is 0.571. The van der Waals surface area contributed by atoms with E-state index in [0.717, 1.165) is 5.56 Å². The van der Waals surface area contributed by atoms with E-state index in [1.165, 1.54) is 6.07 Å². The summed E-state index contributed by atoms with van der Waals surface area (Å²) in [5.74, 6) is 0.236. The van der Waals surface area contributed by atoms with Gasteiger partial charge in [-0.2, -0.15) is 13.2 Å². The molecule has 0 heterocycles. The van der Waals surface area contributed by atoms with Crippen LogP contribution in [0.5, 0.6) is 5.75 Å². The SMILES string of the molecule is CC.CC.CNCc1cccc(OCC(F)(F)F)c1. The normalized spacial score (nSPS) is 9.68. The lowest BCUT2D eigenvalue weighted by atomic mass is 10.2. The molecule has 0 spiro atoms. The van der Waals surface area contributed by atoms with E-state index < -0.39 is 12.8 Å². The predicted molar refractivity (Wildman–Crippen MR) is 73.5 cm³/mol. The number of alkyl halides is 3. The van der Waals surface area contributed by atoms with Gasteiger partial charge in [0.05, 0.1) is 0 Å². The minimum absolute atomic E-state index is 0.236. The summed E-state index contributed by atoms with van der Waals surface area (Å²) in [6, 6.07) is 6.57. The molecule has 0 aliphatic carbocycles. The van der Waals surface area contributed by atoms with Crippen molar-refractivity contribution < 1.29 is 17.9 Å². The van der Waals surface area contributed by atoms with Gasteiger partial charge in [0.25, 0.3) is 0 Å². The molecular formula is C14H24F3NO. The summed E-state index contributed by atoms with van der Waals surface area (Å²) in [6.45, 7) is 7.35. The maximum atomic E-state index is 11.9. The maximum Gasteiger partial charge on any atom is 0.422 e. The van der Waals surface area contributed by atoms with Crippen molar-refractivity contribution in [1.29, 1.82) is 0 Å². The molecule has 0 amide bonds. The molecule has 1 aromatic rings. The van der Waals surface area contributed by atoms with Crippen LogP contribution in [0, 0.1) is 0 Å². The van der Waals surface area contributed by atoms with Crippen LogP contribution in [0.4, 0.5) is 13.2 Å². The summed E-state index contributed by atoms with van der Waals surface area (Å²) in [5.41, 5.74) is 0.886. The summed E-state index contributed by atoms with van der Waals surface area (Å²) in [4.78, 5) is 0. The minimum Gasteiger partial charge on any atom is -0.484 e. The average molecular weight is 279 g/mol. The van der Waals surface area contributed by atoms with Gasteiger partial charge in [-0.25, -0.2) is 0 Å². The third-order valence-electron chi connectivity index (χ3n) is 1.68. The first-order chi connectivity index (χ1) is 9.01. The average Bonchev–Trinajstić information content (AvgIpc) is 2.41. The highest BCUT2D eigenvalue weighted by Gasteiger charge is 2.28. The number of halogens is 3. The zero-order valence-corrected chi connectivity index (χ0v) is 12.3. The highest BCUT2D eigenvalue weighted by molar-refractivity contribution is 5.28. The summed E-state index contributed by atoms with van der Waals surface area (Å²) < 4.78 is 40.2. The van der Waals surface area contributed by atoms with Gasteiger partial charge < -0.3 is 10.1 Å². The molecule has 0 bridgehead atoms. The van der Waals surface area contributed by atoms with Gasteiger partial charge in [-0.3, -0.25) is 0 Å². The first-order valence-electron chi connectivity index (χ1n) is 6.44. The number of ether oxygens (including phenoxy) is 1. The molecule has 1 rings (SSSR count). The summed E-state index contributed by atoms with van der Waals surface area (Å²) in [6.07, 6.45) is -4.29. The van der Waals surface area contributed by atoms with E-state index in [0.29, 0.717) is 6.54 Å². The Labute approximate surface area is 114 Å². The Morgan fingerprint density at radius 3 is 2.16 bits per heavy atom. The minimum atomic E-state index is -4.29. The molecule has 5 heteroatoms. The fourth-order valence-electron chi connectivity index (χ4n) is 1.11. The summed E-state index contributed by atoms with van der Waals surface area (Å²) >= 11 is 0. The van der Waals surface area contributed by atoms with Crippen molar-refractivity contribution in [3.63, 3.8) is 0 Å². The van der Waals surface area contributed by atoms with Crippen LogP contribution in [0.25, 0.3) is 0 Å². The molecule has 0 unspecified atom stereocenters. The van der Waals surface area contributed by atoms with Crippen LogP contribution in [0.1, 0.15) is 33.3 Å². The Kier molecular flexibility index (Phi) is 12.5. The zero-order valence-electron chi connectivity index (χ0n) is 12.3. The number of nitrogens with one attached hydrogen (secondary N) is 1. The second kappa shape index (κ2) is 11.8.